The van der Waals surface area contributed by atoms with Gasteiger partial charge in [-0.2, -0.15) is 0 Å². The van der Waals surface area contributed by atoms with Crippen LogP contribution in [0.3, 0.4) is 0 Å². The molecule has 120 valence electrons. The summed E-state index contributed by atoms with van der Waals surface area (Å²) in [5.74, 6) is 2.36. The maximum atomic E-state index is 6.62. The molecular formula is C21H30O. The minimum absolute atomic E-state index is 0.141. The van der Waals surface area contributed by atoms with Crippen LogP contribution in [0.5, 0.6) is 5.75 Å². The Morgan fingerprint density at radius 2 is 1.23 bits per heavy atom. The largest absolute Gasteiger partial charge is 0.486 e. The normalized spacial score (nSPS) is 12.6. The first-order valence-corrected chi connectivity index (χ1v) is 8.46. The number of aryl methyl sites for hydroxylation is 1. The quantitative estimate of drug-likeness (QED) is 0.635. The van der Waals surface area contributed by atoms with Gasteiger partial charge in [0.2, 0.25) is 0 Å². The Morgan fingerprint density at radius 3 is 1.77 bits per heavy atom. The second kappa shape index (κ2) is 6.32. The fraction of sp³-hybridized carbons (Fsp3) is 0.524. The van der Waals surface area contributed by atoms with Gasteiger partial charge in [0.15, 0.2) is 0 Å². The van der Waals surface area contributed by atoms with Crippen molar-refractivity contribution in [2.24, 2.45) is 17.8 Å². The summed E-state index contributed by atoms with van der Waals surface area (Å²) in [6, 6.07) is 13.0. The smallest absolute Gasteiger partial charge is 0.120 e. The second-order valence-electron chi connectivity index (χ2n) is 7.43. The minimum atomic E-state index is -0.141. The summed E-state index contributed by atoms with van der Waals surface area (Å²) in [6.45, 7) is 15.7. The number of rotatable bonds is 5. The fourth-order valence-corrected chi connectivity index (χ4v) is 3.96. The summed E-state index contributed by atoms with van der Waals surface area (Å²) in [5, 5.41) is 2.52. The minimum Gasteiger partial charge on any atom is -0.486 e. The van der Waals surface area contributed by atoms with Gasteiger partial charge in [-0.3, -0.25) is 0 Å². The molecular weight excluding hydrogens is 268 g/mol. The highest BCUT2D eigenvalue weighted by molar-refractivity contribution is 5.84. The third-order valence-electron chi connectivity index (χ3n) is 4.97. The van der Waals surface area contributed by atoms with E-state index in [1.165, 1.54) is 16.3 Å². The molecule has 2 aromatic rings. The van der Waals surface area contributed by atoms with Gasteiger partial charge in [-0.15, -0.1) is 0 Å². The van der Waals surface area contributed by atoms with Crippen LogP contribution >= 0.6 is 0 Å². The van der Waals surface area contributed by atoms with E-state index in [-0.39, 0.29) is 5.60 Å². The predicted molar refractivity (Wildman–Crippen MR) is 96.6 cm³/mol. The molecule has 0 aromatic heterocycles. The maximum Gasteiger partial charge on any atom is 0.120 e. The molecule has 0 bridgehead atoms. The van der Waals surface area contributed by atoms with Gasteiger partial charge in [-0.05, 0) is 47.6 Å². The van der Waals surface area contributed by atoms with Crippen molar-refractivity contribution in [3.63, 3.8) is 0 Å². The number of fused-ring (bicyclic) bond motifs is 1. The average Bonchev–Trinajstić information content (AvgIpc) is 2.43. The molecule has 0 fully saturated rings. The monoisotopic (exact) mass is 298 g/mol. The molecule has 0 radical (unpaired) electrons. The van der Waals surface area contributed by atoms with Gasteiger partial charge in [-0.25, -0.2) is 0 Å². The summed E-state index contributed by atoms with van der Waals surface area (Å²) in [7, 11) is 0. The molecule has 0 spiro atoms. The van der Waals surface area contributed by atoms with Gasteiger partial charge in [0.1, 0.15) is 11.4 Å². The predicted octanol–water partition coefficient (Wildman–Crippen LogP) is 6.23. The van der Waals surface area contributed by atoms with Crippen molar-refractivity contribution in [2.45, 2.75) is 54.1 Å². The van der Waals surface area contributed by atoms with Crippen LogP contribution in [0, 0.1) is 24.7 Å². The molecule has 0 aliphatic heterocycles. The Labute approximate surface area is 135 Å². The van der Waals surface area contributed by atoms with Crippen molar-refractivity contribution >= 4 is 10.8 Å². The molecule has 1 nitrogen and oxygen atoms in total. The zero-order chi connectivity index (χ0) is 16.5. The van der Waals surface area contributed by atoms with Crippen molar-refractivity contribution in [2.75, 3.05) is 0 Å². The Morgan fingerprint density at radius 1 is 0.727 bits per heavy atom. The molecule has 0 heterocycles. The Hall–Kier alpha value is -1.50. The Kier molecular flexibility index (Phi) is 4.84. The van der Waals surface area contributed by atoms with Gasteiger partial charge in [0.25, 0.3) is 0 Å². The van der Waals surface area contributed by atoms with Crippen LogP contribution in [0.1, 0.15) is 47.1 Å². The van der Waals surface area contributed by atoms with Gasteiger partial charge >= 0.3 is 0 Å². The van der Waals surface area contributed by atoms with Crippen LogP contribution in [0.4, 0.5) is 0 Å². The van der Waals surface area contributed by atoms with E-state index in [0.29, 0.717) is 17.8 Å². The first-order valence-electron chi connectivity index (χ1n) is 8.46. The van der Waals surface area contributed by atoms with E-state index in [2.05, 4.69) is 84.9 Å². The SMILES string of the molecule is Cc1ccc2cc(OC(C(C)C)(C(C)C)C(C)C)ccc2c1. The van der Waals surface area contributed by atoms with Crippen molar-refractivity contribution in [1.82, 2.24) is 0 Å². The van der Waals surface area contributed by atoms with Crippen molar-refractivity contribution < 1.29 is 4.74 Å². The molecule has 0 atom stereocenters. The number of hydrogen-bond acceptors (Lipinski definition) is 1. The van der Waals surface area contributed by atoms with Gasteiger partial charge in [-0.1, -0.05) is 71.4 Å². The van der Waals surface area contributed by atoms with Crippen molar-refractivity contribution in [1.29, 1.82) is 0 Å². The lowest BCUT2D eigenvalue weighted by Gasteiger charge is -2.45. The first kappa shape index (κ1) is 16.9. The van der Waals surface area contributed by atoms with Crippen molar-refractivity contribution in [3.8, 4) is 5.75 Å². The summed E-state index contributed by atoms with van der Waals surface area (Å²) >= 11 is 0. The van der Waals surface area contributed by atoms with Gasteiger partial charge in [0.05, 0.1) is 0 Å². The summed E-state index contributed by atoms with van der Waals surface area (Å²) in [6.07, 6.45) is 0. The highest BCUT2D eigenvalue weighted by Crippen LogP contribution is 2.39. The van der Waals surface area contributed by atoms with E-state index in [1.807, 2.05) is 0 Å². The van der Waals surface area contributed by atoms with E-state index >= 15 is 0 Å². The van der Waals surface area contributed by atoms with Crippen LogP contribution in [0.15, 0.2) is 36.4 Å². The molecule has 22 heavy (non-hydrogen) atoms. The maximum absolute atomic E-state index is 6.62. The topological polar surface area (TPSA) is 9.23 Å². The molecule has 0 aliphatic carbocycles. The summed E-state index contributed by atoms with van der Waals surface area (Å²) < 4.78 is 6.62. The molecule has 0 saturated heterocycles. The van der Waals surface area contributed by atoms with E-state index in [4.69, 9.17) is 4.74 Å². The molecule has 0 amide bonds. The average molecular weight is 298 g/mol. The number of benzene rings is 2. The third-order valence-corrected chi connectivity index (χ3v) is 4.97. The van der Waals surface area contributed by atoms with Crippen LogP contribution in [0.2, 0.25) is 0 Å². The van der Waals surface area contributed by atoms with Crippen LogP contribution < -0.4 is 4.74 Å². The standard InChI is InChI=1S/C21H30O/c1-14(2)21(15(3)4,16(5)6)22-20-11-10-18-12-17(7)8-9-19(18)13-20/h8-16H,1-7H3. The molecule has 0 N–H and O–H groups in total. The lowest BCUT2D eigenvalue weighted by atomic mass is 9.72. The van der Waals surface area contributed by atoms with Gasteiger partial charge < -0.3 is 4.74 Å². The Bertz CT molecular complexity index is 616. The fourth-order valence-electron chi connectivity index (χ4n) is 3.96. The van der Waals surface area contributed by atoms with E-state index < -0.39 is 0 Å². The van der Waals surface area contributed by atoms with Crippen LogP contribution in [0.25, 0.3) is 10.8 Å². The number of ether oxygens (including phenoxy) is 1. The van der Waals surface area contributed by atoms with Gasteiger partial charge in [0, 0.05) is 0 Å². The molecule has 1 heteroatoms. The summed E-state index contributed by atoms with van der Waals surface area (Å²) in [4.78, 5) is 0. The van der Waals surface area contributed by atoms with Crippen LogP contribution in [-0.2, 0) is 0 Å². The Balaban J connectivity index is 2.44. The summed E-state index contributed by atoms with van der Waals surface area (Å²) in [5.41, 5.74) is 1.15. The molecule has 0 saturated carbocycles. The highest BCUT2D eigenvalue weighted by atomic mass is 16.5. The van der Waals surface area contributed by atoms with Crippen LogP contribution in [-0.4, -0.2) is 5.60 Å². The lowest BCUT2D eigenvalue weighted by molar-refractivity contribution is -0.0606. The molecule has 2 rings (SSSR count). The van der Waals surface area contributed by atoms with E-state index in [0.717, 1.165) is 5.75 Å². The zero-order valence-electron chi connectivity index (χ0n) is 15.1. The lowest BCUT2D eigenvalue weighted by Crippen LogP contribution is -2.51. The number of hydrogen-bond donors (Lipinski definition) is 0. The van der Waals surface area contributed by atoms with E-state index in [9.17, 15) is 0 Å². The molecule has 2 aromatic carbocycles. The molecule has 0 unspecified atom stereocenters. The molecule has 0 aliphatic rings. The zero-order valence-corrected chi connectivity index (χ0v) is 15.1. The first-order chi connectivity index (χ1) is 10.3. The second-order valence-corrected chi connectivity index (χ2v) is 7.43. The highest BCUT2D eigenvalue weighted by Gasteiger charge is 2.42. The van der Waals surface area contributed by atoms with E-state index in [1.54, 1.807) is 0 Å². The third kappa shape index (κ3) is 2.99. The van der Waals surface area contributed by atoms with Crippen molar-refractivity contribution in [3.05, 3.63) is 42.0 Å².